The number of aromatic amines is 1. The Morgan fingerprint density at radius 3 is 2.89 bits per heavy atom. The molecule has 0 aliphatic rings. The van der Waals surface area contributed by atoms with Crippen LogP contribution in [0.2, 0.25) is 0 Å². The average Bonchev–Trinajstić information content (AvgIpc) is 2.92. The number of methoxy groups -OCH3 is 1. The molecule has 5 nitrogen and oxygen atoms in total. The van der Waals surface area contributed by atoms with Gasteiger partial charge in [0.05, 0.1) is 25.0 Å². The Balaban J connectivity index is 2.18. The van der Waals surface area contributed by atoms with Gasteiger partial charge in [-0.15, -0.1) is 0 Å². The summed E-state index contributed by atoms with van der Waals surface area (Å²) in [5, 5.41) is 14.1. The fourth-order valence-electron chi connectivity index (χ4n) is 2.00. The maximum atomic E-state index is 5.37. The molecule has 1 heterocycles. The minimum absolute atomic E-state index is 0.144. The lowest BCUT2D eigenvalue weighted by atomic mass is 10.0. The van der Waals surface area contributed by atoms with Gasteiger partial charge < -0.3 is 10.1 Å². The van der Waals surface area contributed by atoms with Crippen molar-refractivity contribution in [3.05, 3.63) is 41.7 Å². The van der Waals surface area contributed by atoms with E-state index in [1.54, 1.807) is 13.3 Å². The second kappa shape index (κ2) is 6.16. The number of nitrogens with zero attached hydrogens (tertiary/aromatic N) is 2. The topological polar surface area (TPSA) is 62.8 Å². The molecule has 0 aliphatic carbocycles. The molecule has 96 valence electrons. The van der Waals surface area contributed by atoms with Crippen LogP contribution in [0.5, 0.6) is 5.75 Å². The Morgan fingerprint density at radius 1 is 1.39 bits per heavy atom. The summed E-state index contributed by atoms with van der Waals surface area (Å²) in [6, 6.07) is 8.18. The van der Waals surface area contributed by atoms with Crippen LogP contribution in [0.1, 0.15) is 24.2 Å². The summed E-state index contributed by atoms with van der Waals surface area (Å²) in [6.45, 7) is 2.96. The van der Waals surface area contributed by atoms with Gasteiger partial charge in [-0.1, -0.05) is 25.1 Å². The first-order chi connectivity index (χ1) is 8.85. The number of hydrogen-bond donors (Lipinski definition) is 2. The first-order valence-electron chi connectivity index (χ1n) is 6.06. The Hall–Kier alpha value is -1.88. The highest BCUT2D eigenvalue weighted by atomic mass is 16.5. The minimum atomic E-state index is 0.144. The molecule has 0 aliphatic heterocycles. The van der Waals surface area contributed by atoms with E-state index in [4.69, 9.17) is 4.74 Å². The Kier molecular flexibility index (Phi) is 4.30. The largest absolute Gasteiger partial charge is 0.496 e. The highest BCUT2D eigenvalue weighted by Gasteiger charge is 2.15. The SMILES string of the molecule is CCNC(Cc1ccccc1OC)c1cn[nH]n1. The zero-order valence-electron chi connectivity index (χ0n) is 10.7. The number of rotatable bonds is 6. The molecule has 0 saturated carbocycles. The van der Waals surface area contributed by atoms with E-state index in [1.165, 1.54) is 0 Å². The molecule has 0 radical (unpaired) electrons. The molecule has 2 N–H and O–H groups in total. The van der Waals surface area contributed by atoms with Crippen molar-refractivity contribution in [3.63, 3.8) is 0 Å². The number of nitrogens with one attached hydrogen (secondary N) is 2. The van der Waals surface area contributed by atoms with Crippen LogP contribution >= 0.6 is 0 Å². The zero-order valence-corrected chi connectivity index (χ0v) is 10.7. The van der Waals surface area contributed by atoms with Crippen LogP contribution in [0.15, 0.2) is 30.5 Å². The van der Waals surface area contributed by atoms with Crippen LogP contribution in [0.4, 0.5) is 0 Å². The van der Waals surface area contributed by atoms with Gasteiger partial charge in [-0.05, 0) is 24.6 Å². The molecule has 2 rings (SSSR count). The van der Waals surface area contributed by atoms with Crippen molar-refractivity contribution in [2.45, 2.75) is 19.4 Å². The van der Waals surface area contributed by atoms with E-state index in [-0.39, 0.29) is 6.04 Å². The van der Waals surface area contributed by atoms with Crippen molar-refractivity contribution in [3.8, 4) is 5.75 Å². The normalized spacial score (nSPS) is 12.3. The van der Waals surface area contributed by atoms with E-state index in [2.05, 4.69) is 33.7 Å². The van der Waals surface area contributed by atoms with E-state index in [0.29, 0.717) is 0 Å². The summed E-state index contributed by atoms with van der Waals surface area (Å²) in [4.78, 5) is 0. The molecule has 1 unspecified atom stereocenters. The molecular formula is C13H18N4O. The standard InChI is InChI=1S/C13H18N4O/c1-3-14-11(12-9-15-17-16-12)8-10-6-4-5-7-13(10)18-2/h4-7,9,11,14H,3,8H2,1-2H3,(H,15,16,17). The first-order valence-corrected chi connectivity index (χ1v) is 6.06. The summed E-state index contributed by atoms with van der Waals surface area (Å²) in [5.74, 6) is 0.906. The fourth-order valence-corrected chi connectivity index (χ4v) is 2.00. The highest BCUT2D eigenvalue weighted by Crippen LogP contribution is 2.23. The predicted octanol–water partition coefficient (Wildman–Crippen LogP) is 1.71. The lowest BCUT2D eigenvalue weighted by Gasteiger charge is -2.16. The van der Waals surface area contributed by atoms with Crippen LogP contribution in [0.3, 0.4) is 0 Å². The minimum Gasteiger partial charge on any atom is -0.496 e. The van der Waals surface area contributed by atoms with Crippen LogP contribution in [-0.2, 0) is 6.42 Å². The number of likely N-dealkylation sites (N-methyl/N-ethyl adjacent to an activating group) is 1. The molecular weight excluding hydrogens is 228 g/mol. The number of ether oxygens (including phenoxy) is 1. The molecule has 2 aromatic rings. The van der Waals surface area contributed by atoms with Crippen LogP contribution in [-0.4, -0.2) is 29.1 Å². The number of aromatic nitrogens is 3. The van der Waals surface area contributed by atoms with Crippen molar-refractivity contribution < 1.29 is 4.74 Å². The molecule has 0 spiro atoms. The summed E-state index contributed by atoms with van der Waals surface area (Å²) in [7, 11) is 1.69. The van der Waals surface area contributed by atoms with Crippen molar-refractivity contribution in [2.75, 3.05) is 13.7 Å². The second-order valence-corrected chi connectivity index (χ2v) is 4.02. The summed E-state index contributed by atoms with van der Waals surface area (Å²) in [5.41, 5.74) is 2.08. The predicted molar refractivity (Wildman–Crippen MR) is 69.5 cm³/mol. The van der Waals surface area contributed by atoms with Gasteiger partial charge in [0, 0.05) is 0 Å². The van der Waals surface area contributed by atoms with E-state index in [9.17, 15) is 0 Å². The third-order valence-electron chi connectivity index (χ3n) is 2.86. The van der Waals surface area contributed by atoms with Crippen molar-refractivity contribution in [2.24, 2.45) is 0 Å². The monoisotopic (exact) mass is 246 g/mol. The molecule has 5 heteroatoms. The van der Waals surface area contributed by atoms with Crippen molar-refractivity contribution in [1.82, 2.24) is 20.7 Å². The van der Waals surface area contributed by atoms with Gasteiger partial charge in [0.2, 0.25) is 0 Å². The van der Waals surface area contributed by atoms with E-state index in [1.807, 2.05) is 18.2 Å². The average molecular weight is 246 g/mol. The van der Waals surface area contributed by atoms with Gasteiger partial charge in [0.1, 0.15) is 5.75 Å². The lowest BCUT2D eigenvalue weighted by Crippen LogP contribution is -2.23. The van der Waals surface area contributed by atoms with Crippen LogP contribution in [0.25, 0.3) is 0 Å². The number of benzene rings is 1. The van der Waals surface area contributed by atoms with Crippen LogP contribution in [0, 0.1) is 0 Å². The second-order valence-electron chi connectivity index (χ2n) is 4.02. The van der Waals surface area contributed by atoms with E-state index >= 15 is 0 Å². The Labute approximate surface area is 107 Å². The summed E-state index contributed by atoms with van der Waals surface area (Å²) < 4.78 is 5.37. The molecule has 18 heavy (non-hydrogen) atoms. The van der Waals surface area contributed by atoms with Crippen LogP contribution < -0.4 is 10.1 Å². The quantitative estimate of drug-likeness (QED) is 0.814. The number of H-pyrrole nitrogens is 1. The van der Waals surface area contributed by atoms with Crippen molar-refractivity contribution >= 4 is 0 Å². The van der Waals surface area contributed by atoms with E-state index < -0.39 is 0 Å². The van der Waals surface area contributed by atoms with Gasteiger partial charge in [-0.2, -0.15) is 15.4 Å². The molecule has 0 fully saturated rings. The van der Waals surface area contributed by atoms with E-state index in [0.717, 1.165) is 30.0 Å². The van der Waals surface area contributed by atoms with Gasteiger partial charge in [-0.3, -0.25) is 0 Å². The zero-order chi connectivity index (χ0) is 12.8. The van der Waals surface area contributed by atoms with Gasteiger partial charge in [0.25, 0.3) is 0 Å². The first kappa shape index (κ1) is 12.6. The fraction of sp³-hybridized carbons (Fsp3) is 0.385. The molecule has 0 bridgehead atoms. The van der Waals surface area contributed by atoms with Crippen molar-refractivity contribution in [1.29, 1.82) is 0 Å². The summed E-state index contributed by atoms with van der Waals surface area (Å²) >= 11 is 0. The van der Waals surface area contributed by atoms with Gasteiger partial charge >= 0.3 is 0 Å². The van der Waals surface area contributed by atoms with Gasteiger partial charge in [-0.25, -0.2) is 0 Å². The number of hydrogen-bond acceptors (Lipinski definition) is 4. The maximum Gasteiger partial charge on any atom is 0.122 e. The third-order valence-corrected chi connectivity index (χ3v) is 2.86. The molecule has 0 amide bonds. The molecule has 1 aromatic carbocycles. The third kappa shape index (κ3) is 2.87. The summed E-state index contributed by atoms with van der Waals surface area (Å²) in [6.07, 6.45) is 2.58. The number of para-hydroxylation sites is 1. The van der Waals surface area contributed by atoms with Gasteiger partial charge in [0.15, 0.2) is 0 Å². The Morgan fingerprint density at radius 2 is 2.22 bits per heavy atom. The Bertz CT molecular complexity index is 470. The smallest absolute Gasteiger partial charge is 0.122 e. The highest BCUT2D eigenvalue weighted by molar-refractivity contribution is 5.34. The lowest BCUT2D eigenvalue weighted by molar-refractivity contribution is 0.405. The molecule has 1 atom stereocenters. The molecule has 1 aromatic heterocycles. The molecule has 0 saturated heterocycles. The maximum absolute atomic E-state index is 5.37.